The highest BCUT2D eigenvalue weighted by Gasteiger charge is 2.25. The minimum atomic E-state index is 0.374. The average molecular weight is 367 g/mol. The Hall–Kier alpha value is -0.0700. The monoisotopic (exact) mass is 366 g/mol. The predicted octanol–water partition coefficient (Wildman–Crippen LogP) is 4.00. The van der Waals surface area contributed by atoms with E-state index >= 15 is 0 Å². The van der Waals surface area contributed by atoms with Crippen LogP contribution in [-0.2, 0) is 11.3 Å². The molecule has 4 heterocycles. The molecule has 3 aliphatic heterocycles. The van der Waals surface area contributed by atoms with Crippen LogP contribution in [-0.4, -0.2) is 60.1 Å². The minimum absolute atomic E-state index is 0.374. The second kappa shape index (κ2) is 8.54. The fourth-order valence-corrected chi connectivity index (χ4v) is 6.40. The van der Waals surface area contributed by atoms with Crippen LogP contribution in [0, 0.1) is 0 Å². The van der Waals surface area contributed by atoms with Crippen LogP contribution in [0.2, 0.25) is 0 Å². The maximum absolute atomic E-state index is 5.94. The third-order valence-electron chi connectivity index (χ3n) is 5.67. The molecule has 4 rings (SSSR count). The molecular formula is C19H30N2OS2. The molecular weight excluding hydrogens is 336 g/mol. The van der Waals surface area contributed by atoms with Crippen LogP contribution in [0.3, 0.4) is 0 Å². The lowest BCUT2D eigenvalue weighted by Gasteiger charge is -2.40. The number of piperazine rings is 1. The van der Waals surface area contributed by atoms with Crippen molar-refractivity contribution in [2.75, 3.05) is 44.3 Å². The van der Waals surface area contributed by atoms with Gasteiger partial charge in [-0.2, -0.15) is 11.8 Å². The Morgan fingerprint density at radius 1 is 1.00 bits per heavy atom. The topological polar surface area (TPSA) is 15.7 Å². The fourth-order valence-electron chi connectivity index (χ4n) is 4.17. The maximum Gasteiger partial charge on any atom is 0.0916 e. The van der Waals surface area contributed by atoms with Crippen LogP contribution in [0.4, 0.5) is 0 Å². The van der Waals surface area contributed by atoms with Gasteiger partial charge in [0.15, 0.2) is 0 Å². The number of rotatable bonds is 4. The highest BCUT2D eigenvalue weighted by Crippen LogP contribution is 2.33. The average Bonchev–Trinajstić information content (AvgIpc) is 3.12. The first-order chi connectivity index (χ1) is 11.9. The Morgan fingerprint density at radius 3 is 2.58 bits per heavy atom. The quantitative estimate of drug-likeness (QED) is 0.800. The van der Waals surface area contributed by atoms with Crippen molar-refractivity contribution in [3.8, 4) is 0 Å². The summed E-state index contributed by atoms with van der Waals surface area (Å²) in [7, 11) is 0. The van der Waals surface area contributed by atoms with Crippen molar-refractivity contribution in [2.24, 2.45) is 0 Å². The Labute approximate surface area is 154 Å². The molecule has 0 radical (unpaired) electrons. The molecule has 0 N–H and O–H groups in total. The van der Waals surface area contributed by atoms with Crippen molar-refractivity contribution in [1.82, 2.24) is 9.80 Å². The Morgan fingerprint density at radius 2 is 1.83 bits per heavy atom. The summed E-state index contributed by atoms with van der Waals surface area (Å²) < 4.78 is 5.94. The largest absolute Gasteiger partial charge is 0.373 e. The van der Waals surface area contributed by atoms with E-state index in [0.29, 0.717) is 6.10 Å². The van der Waals surface area contributed by atoms with E-state index in [2.05, 4.69) is 33.7 Å². The van der Waals surface area contributed by atoms with Crippen LogP contribution < -0.4 is 0 Å². The van der Waals surface area contributed by atoms with Crippen LogP contribution in [0.15, 0.2) is 12.1 Å². The minimum Gasteiger partial charge on any atom is -0.373 e. The van der Waals surface area contributed by atoms with Crippen molar-refractivity contribution < 1.29 is 4.74 Å². The van der Waals surface area contributed by atoms with Gasteiger partial charge in [-0.3, -0.25) is 9.80 Å². The van der Waals surface area contributed by atoms with Gasteiger partial charge in [0, 0.05) is 55.1 Å². The summed E-state index contributed by atoms with van der Waals surface area (Å²) in [4.78, 5) is 8.36. The van der Waals surface area contributed by atoms with E-state index in [4.69, 9.17) is 4.74 Å². The van der Waals surface area contributed by atoms with Gasteiger partial charge in [-0.25, -0.2) is 0 Å². The molecule has 3 aliphatic rings. The van der Waals surface area contributed by atoms with E-state index in [9.17, 15) is 0 Å². The molecule has 0 aromatic carbocycles. The standard InChI is InChI=1S/C19H30N2OS2/c1-2-12-22-18(3-1)19-5-4-17(24-19)15-20-8-10-21(11-9-20)16-6-13-23-14-7-16/h4-5,16,18H,1-3,6-15H2. The molecule has 5 heteroatoms. The Balaban J connectivity index is 1.25. The molecule has 0 saturated carbocycles. The summed E-state index contributed by atoms with van der Waals surface area (Å²) in [6.45, 7) is 7.07. The SMILES string of the molecule is c1cc(C2CCCCO2)sc1CN1CCN(C2CCSCC2)CC1. The lowest BCUT2D eigenvalue weighted by atomic mass is 10.1. The second-order valence-electron chi connectivity index (χ2n) is 7.31. The molecule has 134 valence electrons. The third kappa shape index (κ3) is 4.36. The summed E-state index contributed by atoms with van der Waals surface area (Å²) in [6, 6.07) is 5.51. The van der Waals surface area contributed by atoms with Crippen molar-refractivity contribution in [3.63, 3.8) is 0 Å². The molecule has 1 unspecified atom stereocenters. The summed E-state index contributed by atoms with van der Waals surface area (Å²) >= 11 is 4.11. The normalized spacial score (nSPS) is 28.2. The number of thiophene rings is 1. The number of thioether (sulfide) groups is 1. The summed E-state index contributed by atoms with van der Waals surface area (Å²) in [6.07, 6.45) is 6.94. The molecule has 1 aromatic heterocycles. The molecule has 3 saturated heterocycles. The lowest BCUT2D eigenvalue weighted by Crippen LogP contribution is -2.50. The van der Waals surface area contributed by atoms with Crippen molar-refractivity contribution in [3.05, 3.63) is 21.9 Å². The van der Waals surface area contributed by atoms with Crippen LogP contribution >= 0.6 is 23.1 Å². The zero-order valence-electron chi connectivity index (χ0n) is 14.6. The van der Waals surface area contributed by atoms with Gasteiger partial charge in [0.05, 0.1) is 6.10 Å². The van der Waals surface area contributed by atoms with Gasteiger partial charge in [0.2, 0.25) is 0 Å². The molecule has 3 nitrogen and oxygen atoms in total. The van der Waals surface area contributed by atoms with E-state index in [1.165, 1.54) is 79.5 Å². The predicted molar refractivity (Wildman–Crippen MR) is 104 cm³/mol. The van der Waals surface area contributed by atoms with Gasteiger partial charge in [0.25, 0.3) is 0 Å². The zero-order valence-corrected chi connectivity index (χ0v) is 16.3. The molecule has 0 aliphatic carbocycles. The van der Waals surface area contributed by atoms with Crippen LogP contribution in [0.25, 0.3) is 0 Å². The van der Waals surface area contributed by atoms with E-state index in [-0.39, 0.29) is 0 Å². The number of hydrogen-bond acceptors (Lipinski definition) is 5. The molecule has 1 aromatic rings. The summed E-state index contributed by atoms with van der Waals surface area (Å²) in [5, 5.41) is 0. The van der Waals surface area contributed by atoms with Crippen molar-refractivity contribution >= 4 is 23.1 Å². The van der Waals surface area contributed by atoms with Gasteiger partial charge in [-0.05, 0) is 55.7 Å². The van der Waals surface area contributed by atoms with Crippen LogP contribution in [0.5, 0.6) is 0 Å². The first-order valence-electron chi connectivity index (χ1n) is 9.63. The van der Waals surface area contributed by atoms with Crippen LogP contribution in [0.1, 0.15) is 48.0 Å². The third-order valence-corrected chi connectivity index (χ3v) is 7.88. The van der Waals surface area contributed by atoms with Gasteiger partial charge in [0.1, 0.15) is 0 Å². The van der Waals surface area contributed by atoms with E-state index < -0.39 is 0 Å². The highest BCUT2D eigenvalue weighted by atomic mass is 32.2. The second-order valence-corrected chi connectivity index (χ2v) is 9.74. The van der Waals surface area contributed by atoms with Gasteiger partial charge >= 0.3 is 0 Å². The number of ether oxygens (including phenoxy) is 1. The highest BCUT2D eigenvalue weighted by molar-refractivity contribution is 7.99. The molecule has 0 amide bonds. The number of hydrogen-bond donors (Lipinski definition) is 0. The molecule has 3 fully saturated rings. The van der Waals surface area contributed by atoms with Gasteiger partial charge in [-0.15, -0.1) is 11.3 Å². The lowest BCUT2D eigenvalue weighted by molar-refractivity contribution is 0.0172. The number of nitrogens with zero attached hydrogens (tertiary/aromatic N) is 2. The smallest absolute Gasteiger partial charge is 0.0916 e. The van der Waals surface area contributed by atoms with E-state index in [1.54, 1.807) is 0 Å². The maximum atomic E-state index is 5.94. The van der Waals surface area contributed by atoms with E-state index in [1.807, 2.05) is 11.3 Å². The van der Waals surface area contributed by atoms with E-state index in [0.717, 1.165) is 19.2 Å². The Kier molecular flexibility index (Phi) is 6.17. The van der Waals surface area contributed by atoms with Gasteiger partial charge < -0.3 is 4.74 Å². The first kappa shape index (κ1) is 17.3. The summed E-state index contributed by atoms with van der Waals surface area (Å²) in [5.41, 5.74) is 0. The Bertz CT molecular complexity index is 501. The first-order valence-corrected chi connectivity index (χ1v) is 11.6. The van der Waals surface area contributed by atoms with Crippen molar-refractivity contribution in [2.45, 2.75) is 50.8 Å². The van der Waals surface area contributed by atoms with Gasteiger partial charge in [-0.1, -0.05) is 0 Å². The van der Waals surface area contributed by atoms with Crippen molar-refractivity contribution in [1.29, 1.82) is 0 Å². The molecule has 24 heavy (non-hydrogen) atoms. The fraction of sp³-hybridized carbons (Fsp3) is 0.789. The molecule has 0 bridgehead atoms. The molecule has 0 spiro atoms. The zero-order chi connectivity index (χ0) is 16.2. The summed E-state index contributed by atoms with van der Waals surface area (Å²) in [5.74, 6) is 2.73. The molecule has 1 atom stereocenters.